The second kappa shape index (κ2) is 7.00. The summed E-state index contributed by atoms with van der Waals surface area (Å²) in [6.45, 7) is 0.299. The molecule has 1 aliphatic rings. The van der Waals surface area contributed by atoms with Gasteiger partial charge in [-0.15, -0.1) is 0 Å². The molecule has 0 saturated heterocycles. The Labute approximate surface area is 142 Å². The number of pyridine rings is 1. The van der Waals surface area contributed by atoms with E-state index in [1.54, 1.807) is 0 Å². The Hall–Kier alpha value is -2.77. The van der Waals surface area contributed by atoms with Crippen molar-refractivity contribution >= 4 is 17.5 Å². The molecule has 0 amide bonds. The van der Waals surface area contributed by atoms with Gasteiger partial charge in [0.2, 0.25) is 0 Å². The molecule has 25 heavy (non-hydrogen) atoms. The van der Waals surface area contributed by atoms with Crippen LogP contribution >= 0.6 is 0 Å². The molecule has 3 rings (SSSR count). The molecule has 0 saturated carbocycles. The first-order chi connectivity index (χ1) is 11.9. The van der Waals surface area contributed by atoms with E-state index in [4.69, 9.17) is 10.5 Å². The van der Waals surface area contributed by atoms with Crippen molar-refractivity contribution in [2.75, 3.05) is 11.9 Å². The number of anilines is 2. The van der Waals surface area contributed by atoms with E-state index < -0.39 is 11.7 Å². The summed E-state index contributed by atoms with van der Waals surface area (Å²) in [6, 6.07) is 10.4. The third kappa shape index (κ3) is 4.40. The number of nitrogens with zero attached hydrogens (tertiary/aromatic N) is 2. The number of alkyl halides is 3. The van der Waals surface area contributed by atoms with Gasteiger partial charge < -0.3 is 15.8 Å². The lowest BCUT2D eigenvalue weighted by Crippen LogP contribution is -2.14. The van der Waals surface area contributed by atoms with Crippen molar-refractivity contribution in [2.24, 2.45) is 10.7 Å². The number of ether oxygens (including phenoxy) is 1. The Kier molecular flexibility index (Phi) is 4.78. The maximum Gasteiger partial charge on any atom is 0.418 e. The summed E-state index contributed by atoms with van der Waals surface area (Å²) in [5.74, 6) is 0.361. The topological polar surface area (TPSA) is 72.5 Å². The maximum atomic E-state index is 13.2. The zero-order valence-corrected chi connectivity index (χ0v) is 13.3. The molecule has 1 aromatic heterocycles. The minimum Gasteiger partial charge on any atom is -0.463 e. The minimum absolute atomic E-state index is 0.0854. The third-order valence-electron chi connectivity index (χ3n) is 3.82. The van der Waals surface area contributed by atoms with Crippen molar-refractivity contribution in [1.29, 1.82) is 0 Å². The number of hydrogen-bond donors (Lipinski definition) is 2. The molecule has 0 aliphatic carbocycles. The minimum atomic E-state index is -4.46. The average molecular weight is 350 g/mol. The van der Waals surface area contributed by atoms with Gasteiger partial charge in [-0.1, -0.05) is 18.2 Å². The highest BCUT2D eigenvalue weighted by Crippen LogP contribution is 2.33. The number of rotatable bonds is 5. The Bertz CT molecular complexity index is 762. The first-order valence-electron chi connectivity index (χ1n) is 7.76. The third-order valence-corrected chi connectivity index (χ3v) is 3.82. The van der Waals surface area contributed by atoms with Crippen molar-refractivity contribution in [3.05, 3.63) is 53.7 Å². The van der Waals surface area contributed by atoms with E-state index in [0.29, 0.717) is 18.8 Å². The number of hydrogen-bond acceptors (Lipinski definition) is 5. The van der Waals surface area contributed by atoms with Crippen LogP contribution in [0.3, 0.4) is 0 Å². The number of aryl methyl sites for hydroxylation is 1. The molecular formula is C17H17F3N4O. The van der Waals surface area contributed by atoms with E-state index in [-0.39, 0.29) is 24.0 Å². The largest absolute Gasteiger partial charge is 0.463 e. The number of benzene rings is 1. The van der Waals surface area contributed by atoms with Crippen LogP contribution in [0.1, 0.15) is 17.5 Å². The molecule has 0 radical (unpaired) electrons. The fraction of sp³-hybridized carbons (Fsp3) is 0.294. The Morgan fingerprint density at radius 2 is 2.00 bits per heavy atom. The molecule has 5 nitrogen and oxygen atoms in total. The molecule has 8 heteroatoms. The van der Waals surface area contributed by atoms with Crippen LogP contribution in [0.2, 0.25) is 0 Å². The predicted octanol–water partition coefficient (Wildman–Crippen LogP) is 3.49. The van der Waals surface area contributed by atoms with Gasteiger partial charge in [0.15, 0.2) is 0 Å². The summed E-state index contributed by atoms with van der Waals surface area (Å²) in [5.41, 5.74) is 5.62. The van der Waals surface area contributed by atoms with Gasteiger partial charge in [-0.2, -0.15) is 13.2 Å². The molecule has 132 valence electrons. The van der Waals surface area contributed by atoms with Gasteiger partial charge in [0.1, 0.15) is 12.4 Å². The van der Waals surface area contributed by atoms with E-state index in [1.165, 1.54) is 6.07 Å². The molecule has 1 aliphatic heterocycles. The summed E-state index contributed by atoms with van der Waals surface area (Å²) in [7, 11) is 0. The second-order valence-electron chi connectivity index (χ2n) is 5.69. The van der Waals surface area contributed by atoms with Crippen molar-refractivity contribution in [1.82, 2.24) is 4.98 Å². The van der Waals surface area contributed by atoms with Crippen molar-refractivity contribution < 1.29 is 17.9 Å². The molecular weight excluding hydrogens is 333 g/mol. The van der Waals surface area contributed by atoms with Gasteiger partial charge in [0.05, 0.1) is 11.6 Å². The van der Waals surface area contributed by atoms with E-state index in [9.17, 15) is 13.2 Å². The number of halogens is 3. The summed E-state index contributed by atoms with van der Waals surface area (Å²) < 4.78 is 44.7. The molecule has 0 bridgehead atoms. The molecule has 1 aromatic carbocycles. The molecule has 2 heterocycles. The Balaban J connectivity index is 1.80. The van der Waals surface area contributed by atoms with Crippen LogP contribution in [-0.4, -0.2) is 23.7 Å². The van der Waals surface area contributed by atoms with Crippen LogP contribution < -0.4 is 11.1 Å². The predicted molar refractivity (Wildman–Crippen MR) is 88.6 cm³/mol. The zero-order valence-electron chi connectivity index (χ0n) is 13.3. The lowest BCUT2D eigenvalue weighted by molar-refractivity contribution is -0.138. The van der Waals surface area contributed by atoms with Gasteiger partial charge in [-0.25, -0.2) is 9.98 Å². The highest BCUT2D eigenvalue weighted by atomic mass is 19.4. The Morgan fingerprint density at radius 1 is 1.24 bits per heavy atom. The lowest BCUT2D eigenvalue weighted by atomic mass is 10.0. The first-order valence-corrected chi connectivity index (χ1v) is 7.76. The monoisotopic (exact) mass is 350 g/mol. The average Bonchev–Trinajstić information content (AvgIpc) is 2.98. The summed E-state index contributed by atoms with van der Waals surface area (Å²) in [5, 5.41) is 3.01. The van der Waals surface area contributed by atoms with Crippen LogP contribution in [-0.2, 0) is 17.3 Å². The van der Waals surface area contributed by atoms with Crippen molar-refractivity contribution in [3.8, 4) is 0 Å². The van der Waals surface area contributed by atoms with Crippen LogP contribution in [0.25, 0.3) is 0 Å². The molecule has 2 aromatic rings. The van der Waals surface area contributed by atoms with Gasteiger partial charge in [-0.3, -0.25) is 0 Å². The fourth-order valence-corrected chi connectivity index (χ4v) is 2.60. The van der Waals surface area contributed by atoms with Gasteiger partial charge in [0.25, 0.3) is 6.02 Å². The normalized spacial score (nSPS) is 17.1. The standard InChI is InChI=1S/C17H17F3N4O/c18-17(19,20)14-9-22-15(23-12-4-2-1-3-5-12)8-11(14)6-7-13-10-25-16(21)24-13/h1-5,8-9,13H,6-7,10H2,(H2,21,24)(H,22,23)/t13-/m0/s1. The van der Waals surface area contributed by atoms with Crippen LogP contribution in [0.5, 0.6) is 0 Å². The van der Waals surface area contributed by atoms with Crippen molar-refractivity contribution in [3.63, 3.8) is 0 Å². The Morgan fingerprint density at radius 3 is 2.64 bits per heavy atom. The fourth-order valence-electron chi connectivity index (χ4n) is 2.60. The van der Waals surface area contributed by atoms with E-state index in [0.717, 1.165) is 11.9 Å². The molecule has 0 unspecified atom stereocenters. The number of para-hydroxylation sites is 1. The summed E-state index contributed by atoms with van der Waals surface area (Å²) >= 11 is 0. The molecule has 0 fully saturated rings. The molecule has 1 atom stereocenters. The van der Waals surface area contributed by atoms with Crippen molar-refractivity contribution in [2.45, 2.75) is 25.1 Å². The van der Waals surface area contributed by atoms with E-state index >= 15 is 0 Å². The number of amidine groups is 1. The number of nitrogens with one attached hydrogen (secondary N) is 1. The number of aliphatic imine (C=N–C) groups is 1. The van der Waals surface area contributed by atoms with Gasteiger partial charge in [0, 0.05) is 11.9 Å². The van der Waals surface area contributed by atoms with Gasteiger partial charge >= 0.3 is 6.18 Å². The lowest BCUT2D eigenvalue weighted by Gasteiger charge is -2.15. The quantitative estimate of drug-likeness (QED) is 0.866. The summed E-state index contributed by atoms with van der Waals surface area (Å²) in [6.07, 6.45) is -2.98. The van der Waals surface area contributed by atoms with Crippen LogP contribution in [0, 0.1) is 0 Å². The molecule has 0 spiro atoms. The smallest absolute Gasteiger partial charge is 0.418 e. The van der Waals surface area contributed by atoms with E-state index in [1.807, 2.05) is 30.3 Å². The molecule has 3 N–H and O–H groups in total. The maximum absolute atomic E-state index is 13.2. The second-order valence-corrected chi connectivity index (χ2v) is 5.69. The first kappa shape index (κ1) is 17.1. The van der Waals surface area contributed by atoms with Gasteiger partial charge in [-0.05, 0) is 36.6 Å². The van der Waals surface area contributed by atoms with E-state index in [2.05, 4.69) is 15.3 Å². The zero-order chi connectivity index (χ0) is 17.9. The number of aromatic nitrogens is 1. The highest BCUT2D eigenvalue weighted by Gasteiger charge is 2.34. The van der Waals surface area contributed by atoms with Crippen LogP contribution in [0.15, 0.2) is 47.6 Å². The SMILES string of the molecule is NC1=N[C@@H](CCc2cc(Nc3ccccc3)ncc2C(F)(F)F)CO1. The summed E-state index contributed by atoms with van der Waals surface area (Å²) in [4.78, 5) is 7.93. The number of nitrogens with two attached hydrogens (primary N) is 1. The van der Waals surface area contributed by atoms with Crippen LogP contribution in [0.4, 0.5) is 24.7 Å². The highest BCUT2D eigenvalue weighted by molar-refractivity contribution is 5.73.